The van der Waals surface area contributed by atoms with E-state index >= 15 is 0 Å². The fourth-order valence-electron chi connectivity index (χ4n) is 4.71. The Kier molecular flexibility index (Phi) is 6.10. The first-order valence-corrected chi connectivity index (χ1v) is 11.4. The van der Waals surface area contributed by atoms with Crippen LogP contribution in [0.4, 0.5) is 0 Å². The number of aromatic nitrogens is 2. The minimum absolute atomic E-state index is 0.00357. The number of ether oxygens (including phenoxy) is 2. The Bertz CT molecular complexity index is 1150. The van der Waals surface area contributed by atoms with E-state index in [0.717, 1.165) is 68.8 Å². The van der Waals surface area contributed by atoms with Gasteiger partial charge in [0, 0.05) is 44.2 Å². The second kappa shape index (κ2) is 9.30. The van der Waals surface area contributed by atoms with E-state index in [-0.39, 0.29) is 5.56 Å². The molecule has 0 amide bonds. The van der Waals surface area contributed by atoms with Gasteiger partial charge in [0.15, 0.2) is 0 Å². The van der Waals surface area contributed by atoms with Gasteiger partial charge < -0.3 is 24.3 Å². The van der Waals surface area contributed by atoms with Crippen LogP contribution in [0.3, 0.4) is 0 Å². The van der Waals surface area contributed by atoms with Gasteiger partial charge in [0.05, 0.1) is 30.9 Å². The maximum absolute atomic E-state index is 12.5. The summed E-state index contributed by atoms with van der Waals surface area (Å²) in [6, 6.07) is 12.3. The van der Waals surface area contributed by atoms with Crippen molar-refractivity contribution in [1.82, 2.24) is 19.8 Å². The Morgan fingerprint density at radius 2 is 2.03 bits per heavy atom. The number of nitrogens with one attached hydrogen (secondary N) is 1. The zero-order chi connectivity index (χ0) is 21.9. The summed E-state index contributed by atoms with van der Waals surface area (Å²) in [6.07, 6.45) is 4.94. The first-order valence-electron chi connectivity index (χ1n) is 11.4. The summed E-state index contributed by atoms with van der Waals surface area (Å²) in [5, 5.41) is 3.72. The number of benzene rings is 1. The maximum Gasteiger partial charge on any atom is 0.251 e. The molecule has 5 rings (SSSR count). The van der Waals surface area contributed by atoms with Gasteiger partial charge >= 0.3 is 0 Å². The van der Waals surface area contributed by atoms with Crippen molar-refractivity contribution in [2.45, 2.75) is 38.4 Å². The van der Waals surface area contributed by atoms with E-state index in [1.807, 2.05) is 10.6 Å². The molecule has 0 saturated carbocycles. The fourth-order valence-corrected chi connectivity index (χ4v) is 4.71. The lowest BCUT2D eigenvalue weighted by molar-refractivity contribution is 0.191. The van der Waals surface area contributed by atoms with Crippen LogP contribution in [0, 0.1) is 0 Å². The molecule has 0 radical (unpaired) electrons. The number of piperidine rings is 1. The Balaban J connectivity index is 1.14. The van der Waals surface area contributed by atoms with E-state index < -0.39 is 0 Å². The van der Waals surface area contributed by atoms with Gasteiger partial charge in [0.1, 0.15) is 11.5 Å². The Morgan fingerprint density at radius 3 is 2.88 bits per heavy atom. The second-order valence-electron chi connectivity index (χ2n) is 8.64. The predicted octanol–water partition coefficient (Wildman–Crippen LogP) is 2.59. The molecule has 0 atom stereocenters. The number of hydrogen-bond acceptors (Lipinski definition) is 6. The van der Waals surface area contributed by atoms with Crippen LogP contribution in [0.15, 0.2) is 47.4 Å². The van der Waals surface area contributed by atoms with Gasteiger partial charge in [-0.1, -0.05) is 12.1 Å². The molecule has 0 spiro atoms. The van der Waals surface area contributed by atoms with Crippen LogP contribution in [-0.2, 0) is 19.5 Å². The van der Waals surface area contributed by atoms with Gasteiger partial charge in [-0.05, 0) is 49.2 Å². The molecule has 0 aliphatic carbocycles. The quantitative estimate of drug-likeness (QED) is 0.617. The summed E-state index contributed by atoms with van der Waals surface area (Å²) in [6.45, 7) is 5.29. The zero-order valence-corrected chi connectivity index (χ0v) is 18.5. The molecule has 1 N–H and O–H groups in total. The number of hydrogen-bond donors (Lipinski definition) is 1. The number of rotatable bonds is 7. The number of fused-ring (bicyclic) bond motifs is 2. The summed E-state index contributed by atoms with van der Waals surface area (Å²) in [4.78, 5) is 19.4. The SMILES string of the molecule is COc1cnc2ccc(=O)n(CCN3CCC(NCc4ccc5c(c4)CCO5)CC3)c2c1. The molecule has 3 aromatic rings. The van der Waals surface area contributed by atoms with Crippen molar-refractivity contribution < 1.29 is 9.47 Å². The molecule has 2 aliphatic rings. The summed E-state index contributed by atoms with van der Waals surface area (Å²) in [7, 11) is 1.62. The molecule has 1 aromatic carbocycles. The van der Waals surface area contributed by atoms with Crippen LogP contribution in [0.5, 0.6) is 11.5 Å². The summed E-state index contributed by atoms with van der Waals surface area (Å²) in [5.74, 6) is 1.71. The normalized spacial score (nSPS) is 16.8. The van der Waals surface area contributed by atoms with Crippen LogP contribution >= 0.6 is 0 Å². The molecule has 7 heteroatoms. The van der Waals surface area contributed by atoms with Gasteiger partial charge in [-0.25, -0.2) is 0 Å². The minimum atomic E-state index is 0.00357. The number of pyridine rings is 2. The standard InChI is InChI=1S/C25H30N4O3/c1-31-21-15-23-22(27-17-21)3-5-25(30)29(23)12-11-28-9-6-20(7-10-28)26-16-18-2-4-24-19(14-18)8-13-32-24/h2-5,14-15,17,20,26H,6-13,16H2,1H3. The number of methoxy groups -OCH3 is 1. The highest BCUT2D eigenvalue weighted by Crippen LogP contribution is 2.26. The molecular weight excluding hydrogens is 404 g/mol. The van der Waals surface area contributed by atoms with Gasteiger partial charge in [-0.2, -0.15) is 0 Å². The molecule has 1 saturated heterocycles. The van der Waals surface area contributed by atoms with Crippen molar-refractivity contribution in [1.29, 1.82) is 0 Å². The molecule has 2 aromatic heterocycles. The van der Waals surface area contributed by atoms with E-state index in [1.54, 1.807) is 25.4 Å². The highest BCUT2D eigenvalue weighted by atomic mass is 16.5. The lowest BCUT2D eigenvalue weighted by Gasteiger charge is -2.32. The van der Waals surface area contributed by atoms with Crippen molar-refractivity contribution in [3.8, 4) is 11.5 Å². The van der Waals surface area contributed by atoms with E-state index in [2.05, 4.69) is 33.4 Å². The molecule has 0 unspecified atom stereocenters. The third-order valence-electron chi connectivity index (χ3n) is 6.62. The van der Waals surface area contributed by atoms with Crippen LogP contribution in [0.1, 0.15) is 24.0 Å². The van der Waals surface area contributed by atoms with Crippen LogP contribution < -0.4 is 20.3 Å². The smallest absolute Gasteiger partial charge is 0.251 e. The summed E-state index contributed by atoms with van der Waals surface area (Å²) in [5.41, 5.74) is 4.30. The third kappa shape index (κ3) is 4.49. The lowest BCUT2D eigenvalue weighted by atomic mass is 10.0. The number of likely N-dealkylation sites (tertiary alicyclic amines) is 1. The summed E-state index contributed by atoms with van der Waals surface area (Å²) < 4.78 is 12.7. The van der Waals surface area contributed by atoms with Gasteiger partial charge in [-0.15, -0.1) is 0 Å². The van der Waals surface area contributed by atoms with Gasteiger partial charge in [0.2, 0.25) is 0 Å². The van der Waals surface area contributed by atoms with Crippen molar-refractivity contribution in [3.63, 3.8) is 0 Å². The number of nitrogens with zero attached hydrogens (tertiary/aromatic N) is 3. The first kappa shape index (κ1) is 21.0. The maximum atomic E-state index is 12.5. The Labute approximate surface area is 188 Å². The predicted molar refractivity (Wildman–Crippen MR) is 124 cm³/mol. The van der Waals surface area contributed by atoms with Crippen molar-refractivity contribution in [2.75, 3.05) is 33.4 Å². The van der Waals surface area contributed by atoms with E-state index in [9.17, 15) is 4.79 Å². The molecule has 32 heavy (non-hydrogen) atoms. The monoisotopic (exact) mass is 434 g/mol. The van der Waals surface area contributed by atoms with E-state index in [1.165, 1.54) is 11.1 Å². The Morgan fingerprint density at radius 1 is 1.16 bits per heavy atom. The second-order valence-corrected chi connectivity index (χ2v) is 8.64. The van der Waals surface area contributed by atoms with Gasteiger partial charge in [-0.3, -0.25) is 9.78 Å². The van der Waals surface area contributed by atoms with E-state index in [0.29, 0.717) is 18.3 Å². The summed E-state index contributed by atoms with van der Waals surface area (Å²) >= 11 is 0. The van der Waals surface area contributed by atoms with Crippen LogP contribution in [-0.4, -0.2) is 53.8 Å². The molecule has 4 heterocycles. The Hall–Kier alpha value is -2.90. The highest BCUT2D eigenvalue weighted by Gasteiger charge is 2.19. The average Bonchev–Trinajstić information content (AvgIpc) is 3.30. The largest absolute Gasteiger partial charge is 0.495 e. The zero-order valence-electron chi connectivity index (χ0n) is 18.5. The first-order chi connectivity index (χ1) is 15.7. The molecular formula is C25H30N4O3. The van der Waals surface area contributed by atoms with Crippen LogP contribution in [0.25, 0.3) is 11.0 Å². The average molecular weight is 435 g/mol. The molecule has 2 aliphatic heterocycles. The van der Waals surface area contributed by atoms with E-state index in [4.69, 9.17) is 9.47 Å². The van der Waals surface area contributed by atoms with Crippen molar-refractivity contribution in [2.24, 2.45) is 0 Å². The van der Waals surface area contributed by atoms with Crippen LogP contribution in [0.2, 0.25) is 0 Å². The molecule has 7 nitrogen and oxygen atoms in total. The fraction of sp³-hybridized carbons (Fsp3) is 0.440. The molecule has 1 fully saturated rings. The lowest BCUT2D eigenvalue weighted by Crippen LogP contribution is -2.43. The van der Waals surface area contributed by atoms with Crippen molar-refractivity contribution in [3.05, 3.63) is 64.1 Å². The molecule has 168 valence electrons. The third-order valence-corrected chi connectivity index (χ3v) is 6.62. The molecule has 0 bridgehead atoms. The van der Waals surface area contributed by atoms with Gasteiger partial charge in [0.25, 0.3) is 5.56 Å². The minimum Gasteiger partial charge on any atom is -0.495 e. The highest BCUT2D eigenvalue weighted by molar-refractivity contribution is 5.75. The topological polar surface area (TPSA) is 68.6 Å². The van der Waals surface area contributed by atoms with Crippen molar-refractivity contribution >= 4 is 11.0 Å².